The van der Waals surface area contributed by atoms with Crippen molar-refractivity contribution in [3.63, 3.8) is 0 Å². The topological polar surface area (TPSA) is 43.3 Å². The van der Waals surface area contributed by atoms with E-state index in [0.717, 1.165) is 9.26 Å². The molecule has 4 nitrogen and oxygen atoms in total. The molecule has 18 heavy (non-hydrogen) atoms. The molecule has 0 atom stereocenters. The molecule has 1 aromatic carbocycles. The predicted molar refractivity (Wildman–Crippen MR) is 77.6 cm³/mol. The van der Waals surface area contributed by atoms with Crippen LogP contribution in [0.2, 0.25) is 0 Å². The summed E-state index contributed by atoms with van der Waals surface area (Å²) in [7, 11) is 0. The van der Waals surface area contributed by atoms with Gasteiger partial charge in [0.2, 0.25) is 0 Å². The zero-order chi connectivity index (χ0) is 13.0. The molecule has 1 N–H and O–H groups in total. The quantitative estimate of drug-likeness (QED) is 0.676. The minimum atomic E-state index is -0.249. The summed E-state index contributed by atoms with van der Waals surface area (Å²) >= 11 is 2.24. The van der Waals surface area contributed by atoms with Gasteiger partial charge in [-0.05, 0) is 59.8 Å². The van der Waals surface area contributed by atoms with E-state index in [2.05, 4.69) is 28.1 Å². The summed E-state index contributed by atoms with van der Waals surface area (Å²) in [5, 5.41) is 0. The first kappa shape index (κ1) is 13.1. The molecule has 0 radical (unpaired) electrons. The summed E-state index contributed by atoms with van der Waals surface area (Å²) in [6.07, 6.45) is 1.85. The van der Waals surface area contributed by atoms with Gasteiger partial charge in [0.05, 0.1) is 6.61 Å². The van der Waals surface area contributed by atoms with Crippen LogP contribution in [-0.2, 0) is 4.84 Å². The Morgan fingerprint density at radius 3 is 2.94 bits per heavy atom. The first-order valence-electron chi connectivity index (χ1n) is 5.58. The third-order valence-electron chi connectivity index (χ3n) is 2.38. The van der Waals surface area contributed by atoms with E-state index < -0.39 is 0 Å². The van der Waals surface area contributed by atoms with Gasteiger partial charge in [-0.15, -0.1) is 0 Å². The van der Waals surface area contributed by atoms with Crippen molar-refractivity contribution in [1.82, 2.24) is 10.0 Å². The zero-order valence-electron chi connectivity index (χ0n) is 9.89. The number of carbonyl (C=O) groups excluding carboxylic acids is 1. The number of hydrogen-bond acceptors (Lipinski definition) is 2. The lowest BCUT2D eigenvalue weighted by atomic mass is 10.3. The van der Waals surface area contributed by atoms with Gasteiger partial charge in [0.15, 0.2) is 0 Å². The minimum Gasteiger partial charge on any atom is -0.312 e. The van der Waals surface area contributed by atoms with Crippen LogP contribution in [0, 0.1) is 3.57 Å². The van der Waals surface area contributed by atoms with Crippen LogP contribution in [0.3, 0.4) is 0 Å². The second kappa shape index (κ2) is 6.01. The number of rotatable bonds is 4. The number of amides is 1. The van der Waals surface area contributed by atoms with Gasteiger partial charge < -0.3 is 4.57 Å². The molecule has 0 unspecified atom stereocenters. The summed E-state index contributed by atoms with van der Waals surface area (Å²) in [6, 6.07) is 11.5. The molecule has 0 bridgehead atoms. The highest BCUT2D eigenvalue weighted by Crippen LogP contribution is 2.15. The molecule has 0 aliphatic carbocycles. The smallest absolute Gasteiger partial charge is 0.291 e. The number of halogens is 1. The average Bonchev–Trinajstić information content (AvgIpc) is 2.85. The van der Waals surface area contributed by atoms with Crippen LogP contribution < -0.4 is 5.48 Å². The standard InChI is InChI=1S/C13H13IN2O2/c1-2-18-15-13(17)12-7-4-8-16(12)11-6-3-5-10(14)9-11/h3-9H,2H2,1H3,(H,15,17). The SMILES string of the molecule is CCONC(=O)c1cccn1-c1cccc(I)c1. The van der Waals surface area contributed by atoms with E-state index in [-0.39, 0.29) is 5.91 Å². The maximum Gasteiger partial charge on any atom is 0.291 e. The summed E-state index contributed by atoms with van der Waals surface area (Å²) in [5.74, 6) is -0.249. The van der Waals surface area contributed by atoms with Gasteiger partial charge in [-0.2, -0.15) is 0 Å². The zero-order valence-corrected chi connectivity index (χ0v) is 12.0. The Balaban J connectivity index is 2.30. The number of aromatic nitrogens is 1. The Morgan fingerprint density at radius 2 is 2.22 bits per heavy atom. The van der Waals surface area contributed by atoms with E-state index in [0.29, 0.717) is 12.3 Å². The molecular formula is C13H13IN2O2. The fourth-order valence-electron chi connectivity index (χ4n) is 1.61. The molecule has 0 saturated carbocycles. The monoisotopic (exact) mass is 356 g/mol. The van der Waals surface area contributed by atoms with E-state index >= 15 is 0 Å². The number of carbonyl (C=O) groups is 1. The van der Waals surface area contributed by atoms with Crippen molar-refractivity contribution in [3.8, 4) is 5.69 Å². The lowest BCUT2D eigenvalue weighted by Gasteiger charge is -2.09. The summed E-state index contributed by atoms with van der Waals surface area (Å²) in [6.45, 7) is 2.26. The third-order valence-corrected chi connectivity index (χ3v) is 3.05. The van der Waals surface area contributed by atoms with Gasteiger partial charge in [-0.3, -0.25) is 9.63 Å². The van der Waals surface area contributed by atoms with E-state index in [9.17, 15) is 4.79 Å². The first-order chi connectivity index (χ1) is 8.72. The molecule has 94 valence electrons. The third kappa shape index (κ3) is 2.91. The molecule has 0 fully saturated rings. The highest BCUT2D eigenvalue weighted by molar-refractivity contribution is 14.1. The number of benzene rings is 1. The molecule has 0 aliphatic rings. The van der Waals surface area contributed by atoms with Gasteiger partial charge in [-0.1, -0.05) is 6.07 Å². The fourth-order valence-corrected chi connectivity index (χ4v) is 2.13. The van der Waals surface area contributed by atoms with Gasteiger partial charge >= 0.3 is 0 Å². The second-order valence-corrected chi connectivity index (χ2v) is 4.85. The maximum atomic E-state index is 11.9. The van der Waals surface area contributed by atoms with Crippen molar-refractivity contribution in [1.29, 1.82) is 0 Å². The number of hydroxylamine groups is 1. The Bertz CT molecular complexity index is 551. The molecule has 5 heteroatoms. The molecule has 0 spiro atoms. The van der Waals surface area contributed by atoms with Crippen LogP contribution in [0.15, 0.2) is 42.6 Å². The van der Waals surface area contributed by atoms with Crippen molar-refractivity contribution in [2.45, 2.75) is 6.92 Å². The largest absolute Gasteiger partial charge is 0.312 e. The first-order valence-corrected chi connectivity index (χ1v) is 6.65. The van der Waals surface area contributed by atoms with Crippen LogP contribution in [-0.4, -0.2) is 17.1 Å². The van der Waals surface area contributed by atoms with Crippen molar-refractivity contribution in [2.24, 2.45) is 0 Å². The molecule has 2 aromatic rings. The number of hydrogen-bond donors (Lipinski definition) is 1. The van der Waals surface area contributed by atoms with Crippen molar-refractivity contribution >= 4 is 28.5 Å². The van der Waals surface area contributed by atoms with Crippen molar-refractivity contribution in [2.75, 3.05) is 6.61 Å². The average molecular weight is 356 g/mol. The van der Waals surface area contributed by atoms with Gasteiger partial charge in [0.25, 0.3) is 5.91 Å². The van der Waals surface area contributed by atoms with Gasteiger partial charge in [0.1, 0.15) is 5.69 Å². The Hall–Kier alpha value is -1.34. The van der Waals surface area contributed by atoms with E-state index in [1.54, 1.807) is 6.07 Å². The Morgan fingerprint density at radius 1 is 1.39 bits per heavy atom. The molecule has 1 heterocycles. The molecule has 1 aromatic heterocycles. The molecular weight excluding hydrogens is 343 g/mol. The van der Waals surface area contributed by atoms with Gasteiger partial charge in [-0.25, -0.2) is 5.48 Å². The van der Waals surface area contributed by atoms with Crippen LogP contribution in [0.5, 0.6) is 0 Å². The van der Waals surface area contributed by atoms with E-state index in [1.165, 1.54) is 0 Å². The number of nitrogens with zero attached hydrogens (tertiary/aromatic N) is 1. The molecule has 2 rings (SSSR count). The predicted octanol–water partition coefficient (Wildman–Crippen LogP) is 2.76. The Labute approximate surface area is 119 Å². The summed E-state index contributed by atoms with van der Waals surface area (Å²) in [5.41, 5.74) is 3.90. The van der Waals surface area contributed by atoms with E-state index in [1.807, 2.05) is 48.0 Å². The van der Waals surface area contributed by atoms with E-state index in [4.69, 9.17) is 4.84 Å². The van der Waals surface area contributed by atoms with Crippen molar-refractivity contribution < 1.29 is 9.63 Å². The van der Waals surface area contributed by atoms with Crippen LogP contribution >= 0.6 is 22.6 Å². The molecule has 1 amide bonds. The lowest BCUT2D eigenvalue weighted by molar-refractivity contribution is 0.0358. The number of nitrogens with one attached hydrogen (secondary N) is 1. The summed E-state index contributed by atoms with van der Waals surface area (Å²) in [4.78, 5) is 16.8. The Kier molecular flexibility index (Phi) is 4.38. The van der Waals surface area contributed by atoms with Gasteiger partial charge in [0, 0.05) is 15.5 Å². The van der Waals surface area contributed by atoms with Crippen molar-refractivity contribution in [3.05, 3.63) is 51.9 Å². The second-order valence-electron chi connectivity index (χ2n) is 3.61. The lowest BCUT2D eigenvalue weighted by Crippen LogP contribution is -2.25. The molecule has 0 aliphatic heterocycles. The highest BCUT2D eigenvalue weighted by atomic mass is 127. The minimum absolute atomic E-state index is 0.249. The van der Waals surface area contributed by atoms with Crippen LogP contribution in [0.1, 0.15) is 17.4 Å². The normalized spacial score (nSPS) is 10.3. The summed E-state index contributed by atoms with van der Waals surface area (Å²) < 4.78 is 2.95. The fraction of sp³-hybridized carbons (Fsp3) is 0.154. The van der Waals surface area contributed by atoms with Crippen LogP contribution in [0.25, 0.3) is 5.69 Å². The van der Waals surface area contributed by atoms with Crippen LogP contribution in [0.4, 0.5) is 0 Å². The highest BCUT2D eigenvalue weighted by Gasteiger charge is 2.11. The maximum absolute atomic E-state index is 11.9. The molecule has 0 saturated heterocycles.